The van der Waals surface area contributed by atoms with Crippen molar-refractivity contribution in [3.8, 4) is 0 Å². The van der Waals surface area contributed by atoms with Crippen LogP contribution in [-0.4, -0.2) is 34.9 Å². The maximum absolute atomic E-state index is 12.5. The Morgan fingerprint density at radius 3 is 2.27 bits per heavy atom. The molecule has 0 spiro atoms. The van der Waals surface area contributed by atoms with Crippen LogP contribution in [-0.2, 0) is 14.3 Å². The molecule has 0 radical (unpaired) electrons. The van der Waals surface area contributed by atoms with Gasteiger partial charge in [0.2, 0.25) is 0 Å². The summed E-state index contributed by atoms with van der Waals surface area (Å²) >= 11 is 3.27. The molecule has 0 unspecified atom stereocenters. The lowest BCUT2D eigenvalue weighted by molar-refractivity contribution is -0.171. The maximum atomic E-state index is 12.5. The second-order valence-corrected chi connectivity index (χ2v) is 6.03. The minimum absolute atomic E-state index is 0.0538. The molecule has 0 saturated carbocycles. The van der Waals surface area contributed by atoms with Crippen molar-refractivity contribution in [2.24, 2.45) is 5.92 Å². The number of hydrogen-bond acceptors (Lipinski definition) is 5. The summed E-state index contributed by atoms with van der Waals surface area (Å²) in [5.41, 5.74) is -1.81. The Balaban J connectivity index is 3.12. The fourth-order valence-corrected chi connectivity index (χ4v) is 2.38. The third-order valence-corrected chi connectivity index (χ3v) is 3.91. The van der Waals surface area contributed by atoms with Crippen molar-refractivity contribution < 1.29 is 24.2 Å². The van der Waals surface area contributed by atoms with E-state index in [1.54, 1.807) is 31.2 Å². The summed E-state index contributed by atoms with van der Waals surface area (Å²) < 4.78 is 5.64. The Morgan fingerprint density at radius 1 is 1.27 bits per heavy atom. The standard InChI is InChI=1S/C16H19BrO5/c1-4-22-15(20)16(21,9-10(2)18)11(3)14(19)12-5-7-13(17)8-6-12/h5-8,11,21H,4,9H2,1-3H3/t11-,16-/m1/s1. The lowest BCUT2D eigenvalue weighted by atomic mass is 9.80. The Morgan fingerprint density at radius 2 is 1.82 bits per heavy atom. The van der Waals surface area contributed by atoms with Crippen molar-refractivity contribution in [1.82, 2.24) is 0 Å². The predicted molar refractivity (Wildman–Crippen MR) is 84.5 cm³/mol. The predicted octanol–water partition coefficient (Wildman–Crippen LogP) is 2.54. The number of ketones is 2. The Kier molecular flexibility index (Phi) is 6.44. The van der Waals surface area contributed by atoms with Gasteiger partial charge in [-0.05, 0) is 26.0 Å². The summed E-state index contributed by atoms with van der Waals surface area (Å²) in [5, 5.41) is 10.6. The minimum atomic E-state index is -2.16. The molecule has 1 aromatic carbocycles. The molecule has 0 fully saturated rings. The Bertz CT molecular complexity index is 566. The molecule has 0 aliphatic rings. The first-order valence-electron chi connectivity index (χ1n) is 6.91. The van der Waals surface area contributed by atoms with Gasteiger partial charge >= 0.3 is 5.97 Å². The van der Waals surface area contributed by atoms with Gasteiger partial charge in [-0.25, -0.2) is 4.79 Å². The van der Waals surface area contributed by atoms with Gasteiger partial charge in [-0.2, -0.15) is 0 Å². The number of carbonyl (C=O) groups is 3. The number of rotatable bonds is 7. The van der Waals surface area contributed by atoms with Gasteiger partial charge in [0.15, 0.2) is 11.4 Å². The van der Waals surface area contributed by atoms with Gasteiger partial charge in [-0.15, -0.1) is 0 Å². The fraction of sp³-hybridized carbons (Fsp3) is 0.438. The van der Waals surface area contributed by atoms with Crippen molar-refractivity contribution in [2.45, 2.75) is 32.8 Å². The molecule has 0 aliphatic heterocycles. The summed E-state index contributed by atoms with van der Waals surface area (Å²) in [5.74, 6) is -2.88. The highest BCUT2D eigenvalue weighted by atomic mass is 79.9. The molecule has 0 saturated heterocycles. The highest BCUT2D eigenvalue weighted by Gasteiger charge is 2.47. The first-order chi connectivity index (χ1) is 10.2. The Hall–Kier alpha value is -1.53. The maximum Gasteiger partial charge on any atom is 0.339 e. The smallest absolute Gasteiger partial charge is 0.339 e. The first-order valence-corrected chi connectivity index (χ1v) is 7.70. The van der Waals surface area contributed by atoms with Crippen molar-refractivity contribution >= 4 is 33.5 Å². The van der Waals surface area contributed by atoms with Crippen LogP contribution in [0.1, 0.15) is 37.6 Å². The average molecular weight is 371 g/mol. The molecule has 0 bridgehead atoms. The monoisotopic (exact) mass is 370 g/mol. The van der Waals surface area contributed by atoms with Crippen molar-refractivity contribution in [3.05, 3.63) is 34.3 Å². The number of esters is 1. The van der Waals surface area contributed by atoms with Crippen molar-refractivity contribution in [2.75, 3.05) is 6.61 Å². The van der Waals surface area contributed by atoms with Gasteiger partial charge in [-0.3, -0.25) is 9.59 Å². The second kappa shape index (κ2) is 7.65. The van der Waals surface area contributed by atoms with Gasteiger partial charge in [0.05, 0.1) is 12.5 Å². The van der Waals surface area contributed by atoms with Crippen LogP contribution in [0.3, 0.4) is 0 Å². The number of benzene rings is 1. The average Bonchev–Trinajstić information content (AvgIpc) is 2.46. The molecule has 6 heteroatoms. The summed E-state index contributed by atoms with van der Waals surface area (Å²) in [7, 11) is 0. The van der Waals surface area contributed by atoms with Crippen LogP contribution in [0.5, 0.6) is 0 Å². The normalized spacial score (nSPS) is 14.8. The van der Waals surface area contributed by atoms with Crippen molar-refractivity contribution in [3.63, 3.8) is 0 Å². The quantitative estimate of drug-likeness (QED) is 0.589. The van der Waals surface area contributed by atoms with E-state index in [0.717, 1.165) is 4.47 Å². The van der Waals surface area contributed by atoms with Crippen LogP contribution < -0.4 is 0 Å². The SMILES string of the molecule is CCOC(=O)[C@@](O)(CC(C)=O)[C@H](C)C(=O)c1ccc(Br)cc1. The van der Waals surface area contributed by atoms with E-state index >= 15 is 0 Å². The molecule has 1 N–H and O–H groups in total. The molecule has 1 aromatic rings. The van der Waals surface area contributed by atoms with E-state index in [2.05, 4.69) is 15.9 Å². The van der Waals surface area contributed by atoms with Crippen LogP contribution in [0, 0.1) is 5.92 Å². The molecule has 0 amide bonds. The topological polar surface area (TPSA) is 80.7 Å². The van der Waals surface area contributed by atoms with Crippen LogP contribution in [0.25, 0.3) is 0 Å². The largest absolute Gasteiger partial charge is 0.464 e. The molecule has 0 heterocycles. The lowest BCUT2D eigenvalue weighted by Crippen LogP contribution is -2.50. The van der Waals surface area contributed by atoms with Gasteiger partial charge in [0, 0.05) is 16.5 Å². The van der Waals surface area contributed by atoms with Crippen LogP contribution >= 0.6 is 15.9 Å². The van der Waals surface area contributed by atoms with Gasteiger partial charge in [-0.1, -0.05) is 35.0 Å². The molecule has 0 aromatic heterocycles. The Labute approximate surface area is 137 Å². The number of aliphatic hydroxyl groups is 1. The second-order valence-electron chi connectivity index (χ2n) is 5.12. The van der Waals surface area contributed by atoms with E-state index in [9.17, 15) is 19.5 Å². The number of Topliss-reactive ketones (excluding diaryl/α,β-unsaturated/α-hetero) is 2. The fourth-order valence-electron chi connectivity index (χ4n) is 2.12. The van der Waals surface area contributed by atoms with Crippen LogP contribution in [0.2, 0.25) is 0 Å². The minimum Gasteiger partial charge on any atom is -0.464 e. The van der Waals surface area contributed by atoms with Gasteiger partial charge < -0.3 is 9.84 Å². The first kappa shape index (κ1) is 18.5. The molecule has 120 valence electrons. The zero-order valence-corrected chi connectivity index (χ0v) is 14.3. The van der Waals surface area contributed by atoms with E-state index in [4.69, 9.17) is 4.74 Å². The summed E-state index contributed by atoms with van der Waals surface area (Å²) in [6.07, 6.45) is -0.463. The summed E-state index contributed by atoms with van der Waals surface area (Å²) in [6, 6.07) is 6.55. The third kappa shape index (κ3) is 4.24. The number of hydrogen-bond donors (Lipinski definition) is 1. The van der Waals surface area contributed by atoms with Crippen molar-refractivity contribution in [1.29, 1.82) is 0 Å². The number of ether oxygens (including phenoxy) is 1. The van der Waals surface area contributed by atoms with Crippen LogP contribution in [0.4, 0.5) is 0 Å². The van der Waals surface area contributed by atoms with E-state index < -0.39 is 35.5 Å². The molecular weight excluding hydrogens is 352 g/mol. The molecule has 5 nitrogen and oxygen atoms in total. The molecule has 0 aliphatic carbocycles. The molecule has 22 heavy (non-hydrogen) atoms. The highest BCUT2D eigenvalue weighted by molar-refractivity contribution is 9.10. The molecule has 1 rings (SSSR count). The van der Waals surface area contributed by atoms with E-state index in [1.807, 2.05) is 0 Å². The van der Waals surface area contributed by atoms with E-state index in [-0.39, 0.29) is 6.61 Å². The zero-order valence-electron chi connectivity index (χ0n) is 12.8. The molecule has 2 atom stereocenters. The molecular formula is C16H19BrO5. The number of carbonyl (C=O) groups excluding carboxylic acids is 3. The van der Waals surface area contributed by atoms with Gasteiger partial charge in [0.1, 0.15) is 5.78 Å². The zero-order chi connectivity index (χ0) is 16.9. The van der Waals surface area contributed by atoms with Crippen LogP contribution in [0.15, 0.2) is 28.7 Å². The number of halogens is 1. The van der Waals surface area contributed by atoms with E-state index in [1.165, 1.54) is 13.8 Å². The highest BCUT2D eigenvalue weighted by Crippen LogP contribution is 2.28. The summed E-state index contributed by atoms with van der Waals surface area (Å²) in [6.45, 7) is 4.32. The van der Waals surface area contributed by atoms with Gasteiger partial charge in [0.25, 0.3) is 0 Å². The van der Waals surface area contributed by atoms with E-state index in [0.29, 0.717) is 5.56 Å². The lowest BCUT2D eigenvalue weighted by Gasteiger charge is -2.30. The third-order valence-electron chi connectivity index (χ3n) is 3.39. The summed E-state index contributed by atoms with van der Waals surface area (Å²) in [4.78, 5) is 35.9.